The van der Waals surface area contributed by atoms with Crippen LogP contribution in [0.3, 0.4) is 0 Å². The highest BCUT2D eigenvalue weighted by atomic mass is 28.6. The molecular weight excluding hydrogens is 865 g/mol. The molecule has 57 heavy (non-hydrogen) atoms. The van der Waals surface area contributed by atoms with E-state index in [1.165, 1.54) is 0 Å². The summed E-state index contributed by atoms with van der Waals surface area (Å²) < 4.78 is 91.5. The van der Waals surface area contributed by atoms with E-state index < -0.39 is 81.9 Å². The molecule has 1 spiro atoms. The molecule has 13 nitrogen and oxygen atoms in total. The number of fused-ring (bicyclic) bond motifs is 1. The molecule has 0 aromatic carbocycles. The van der Waals surface area contributed by atoms with Crippen molar-refractivity contribution in [3.8, 4) is 0 Å². The number of ether oxygens (including phenoxy) is 1. The van der Waals surface area contributed by atoms with Gasteiger partial charge in [-0.2, -0.15) is 0 Å². The number of hydrogen-bond acceptors (Lipinski definition) is 13. The highest BCUT2D eigenvalue weighted by molar-refractivity contribution is 7.08. The van der Waals surface area contributed by atoms with Gasteiger partial charge in [-0.1, -0.05) is 126 Å². The quantitative estimate of drug-likeness (QED) is 0.0354. The molecule has 9 atom stereocenters. The van der Waals surface area contributed by atoms with E-state index >= 15 is 0 Å². The lowest BCUT2D eigenvalue weighted by atomic mass is 10.4. The molecule has 0 amide bonds. The third kappa shape index (κ3) is 10.7. The van der Waals surface area contributed by atoms with Crippen molar-refractivity contribution >= 4 is 76.9 Å². The Morgan fingerprint density at radius 2 is 0.930 bits per heavy atom. The lowest BCUT2D eigenvalue weighted by molar-refractivity contribution is -0.139. The van der Waals surface area contributed by atoms with Crippen LogP contribution < -0.4 is 0 Å². The Bertz CT molecular complexity index is 1330. The van der Waals surface area contributed by atoms with Crippen molar-refractivity contribution in [3.05, 3.63) is 12.2 Å². The maximum atomic E-state index is 12.6. The summed E-state index contributed by atoms with van der Waals surface area (Å²) in [5, 5.41) is -1.38. The van der Waals surface area contributed by atoms with Gasteiger partial charge in [-0.3, -0.25) is 0 Å². The summed E-state index contributed by atoms with van der Waals surface area (Å²) in [5.41, 5.74) is 0.359. The fourth-order valence-electron chi connectivity index (χ4n) is 8.48. The fraction of sp³-hybridized carbons (Fsp3) is 0.917. The molecule has 7 aliphatic heterocycles. The first-order chi connectivity index (χ1) is 27.4. The Morgan fingerprint density at radius 3 is 1.49 bits per heavy atom. The van der Waals surface area contributed by atoms with Gasteiger partial charge in [0, 0.05) is 29.7 Å². The van der Waals surface area contributed by atoms with E-state index in [-0.39, 0.29) is 6.61 Å². The standard InChI is InChI=1S/C36H76O13Si8/c1-10-17-26-50-39-36-40-54(30-21-14-5)42-51(27-18-11-2)43-55(31-22-15-6)45-53(36,29-20-13-4)47-57(32-23-16-7,46-52(36,44-54)28-19-12-3)49-56(41-50,48-55)33-24-25-38-35(37)34(8)9/h50-51H,8,10-33H2,1-7,9H3. The maximum Gasteiger partial charge on any atom is 0.484 e. The number of carbonyl (C=O) groups is 1. The molecule has 330 valence electrons. The minimum Gasteiger partial charge on any atom is -0.462 e. The lowest BCUT2D eigenvalue weighted by Crippen LogP contribution is -2.88. The number of esters is 1. The third-order valence-corrected chi connectivity index (χ3v) is 48.6. The molecule has 0 aromatic rings. The number of rotatable bonds is 26. The highest BCUT2D eigenvalue weighted by Crippen LogP contribution is 2.61. The van der Waals surface area contributed by atoms with Crippen LogP contribution in [-0.4, -0.2) is 88.5 Å². The summed E-state index contributed by atoms with van der Waals surface area (Å²) in [7, 11) is -27.7. The maximum absolute atomic E-state index is 12.6. The van der Waals surface area contributed by atoms with E-state index in [0.29, 0.717) is 48.3 Å². The Balaban J connectivity index is 1.86. The molecule has 6 bridgehead atoms. The molecule has 0 N–H and O–H groups in total. The summed E-state index contributed by atoms with van der Waals surface area (Å²) in [4.78, 5) is 12.6. The average Bonchev–Trinajstić information content (AvgIpc) is 3.50. The summed E-state index contributed by atoms with van der Waals surface area (Å²) in [5.74, 6) is -0.420. The predicted molar refractivity (Wildman–Crippen MR) is 237 cm³/mol. The third-order valence-electron chi connectivity index (χ3n) is 11.5. The van der Waals surface area contributed by atoms with Gasteiger partial charge < -0.3 is 50.6 Å². The van der Waals surface area contributed by atoms with Gasteiger partial charge in [-0.25, -0.2) is 4.79 Å². The van der Waals surface area contributed by atoms with Crippen molar-refractivity contribution in [2.75, 3.05) is 6.61 Å². The van der Waals surface area contributed by atoms with E-state index in [4.69, 9.17) is 50.6 Å². The van der Waals surface area contributed by atoms with Gasteiger partial charge in [-0.15, -0.1) is 0 Å². The molecule has 7 saturated heterocycles. The van der Waals surface area contributed by atoms with Crippen molar-refractivity contribution in [2.24, 2.45) is 0 Å². The van der Waals surface area contributed by atoms with E-state index in [9.17, 15) is 4.79 Å². The zero-order valence-corrected chi connectivity index (χ0v) is 44.9. The van der Waals surface area contributed by atoms with E-state index in [2.05, 4.69) is 55.0 Å². The lowest BCUT2D eigenvalue weighted by Gasteiger charge is -2.60. The summed E-state index contributed by atoms with van der Waals surface area (Å²) in [6.07, 6.45) is 13.3. The van der Waals surface area contributed by atoms with Gasteiger partial charge in [0.25, 0.3) is 0 Å². The van der Waals surface area contributed by atoms with Crippen LogP contribution in [0, 0.1) is 0 Å². The van der Waals surface area contributed by atoms with Crippen molar-refractivity contribution in [3.63, 3.8) is 0 Å². The first-order valence-corrected chi connectivity index (χ1v) is 38.1. The van der Waals surface area contributed by atoms with Gasteiger partial charge in [0.05, 0.1) is 6.61 Å². The second kappa shape index (κ2) is 21.3. The van der Waals surface area contributed by atoms with Crippen molar-refractivity contribution in [1.29, 1.82) is 0 Å². The van der Waals surface area contributed by atoms with Crippen molar-refractivity contribution in [1.82, 2.24) is 0 Å². The van der Waals surface area contributed by atoms with Gasteiger partial charge in [0.2, 0.25) is 5.03 Å². The van der Waals surface area contributed by atoms with Crippen molar-refractivity contribution in [2.45, 2.75) is 205 Å². The molecule has 0 saturated carbocycles. The predicted octanol–water partition coefficient (Wildman–Crippen LogP) is 9.20. The zero-order chi connectivity index (χ0) is 41.3. The normalized spacial score (nSPS) is 38.3. The molecule has 0 radical (unpaired) electrons. The highest BCUT2D eigenvalue weighted by Gasteiger charge is 2.91. The smallest absolute Gasteiger partial charge is 0.462 e. The van der Waals surface area contributed by atoms with Gasteiger partial charge in [0.1, 0.15) is 0 Å². The molecule has 7 rings (SSSR count). The monoisotopic (exact) mass is 940 g/mol. The molecular formula is C36H76O13Si8. The van der Waals surface area contributed by atoms with Gasteiger partial charge >= 0.3 is 76.9 Å². The molecule has 0 aromatic heterocycles. The first-order valence-electron chi connectivity index (χ1n) is 22.8. The van der Waals surface area contributed by atoms with Gasteiger partial charge in [0.15, 0.2) is 0 Å². The first kappa shape index (κ1) is 48.5. The van der Waals surface area contributed by atoms with Crippen LogP contribution >= 0.6 is 0 Å². The van der Waals surface area contributed by atoms with Crippen LogP contribution in [0.4, 0.5) is 0 Å². The van der Waals surface area contributed by atoms with E-state index in [1.54, 1.807) is 6.92 Å². The number of hydrogen-bond donors (Lipinski definition) is 0. The van der Waals surface area contributed by atoms with Crippen LogP contribution in [0.25, 0.3) is 0 Å². The summed E-state index contributed by atoms with van der Waals surface area (Å²) in [6.45, 7) is 21.0. The summed E-state index contributed by atoms with van der Waals surface area (Å²) >= 11 is 0. The van der Waals surface area contributed by atoms with Crippen LogP contribution in [0.5, 0.6) is 0 Å². The van der Waals surface area contributed by atoms with Crippen LogP contribution in [0.2, 0.25) is 48.4 Å². The molecule has 0 aliphatic carbocycles. The Kier molecular flexibility index (Phi) is 18.1. The Morgan fingerprint density at radius 1 is 0.526 bits per heavy atom. The molecule has 7 fully saturated rings. The minimum absolute atomic E-state index is 0.165. The molecule has 7 heterocycles. The Labute approximate surface area is 354 Å². The fourth-order valence-corrected chi connectivity index (χ4v) is 60.3. The number of carbonyl (C=O) groups excluding carboxylic acids is 1. The second-order valence-corrected chi connectivity index (χ2v) is 41.1. The van der Waals surface area contributed by atoms with E-state index in [0.717, 1.165) is 102 Å². The minimum atomic E-state index is -3.88. The largest absolute Gasteiger partial charge is 0.484 e. The van der Waals surface area contributed by atoms with E-state index in [1.807, 2.05) is 0 Å². The van der Waals surface area contributed by atoms with Crippen molar-refractivity contribution < 1.29 is 55.4 Å². The topological polar surface area (TPSA) is 128 Å². The average molecular weight is 942 g/mol. The van der Waals surface area contributed by atoms with Crippen LogP contribution in [0.15, 0.2) is 12.2 Å². The Hall–Kier alpha value is 0.505. The van der Waals surface area contributed by atoms with Gasteiger partial charge in [-0.05, 0) is 56.8 Å². The van der Waals surface area contributed by atoms with Crippen LogP contribution in [0.1, 0.15) is 152 Å². The summed E-state index contributed by atoms with van der Waals surface area (Å²) in [6, 6.07) is 5.03. The SMILES string of the molecule is C=C(C)C(=O)OCCC[Si]12O[SiH](CCCC)OC34O[Si]5(CCCC)O[SiH](CCCC)O[Si](CCCC)(O1)O[Si]3(CCCC)O[Si](CCCC)(O2)O[Si]4(CCCC)O5. The zero-order valence-electron chi connectivity index (χ0n) is 36.6. The second-order valence-electron chi connectivity index (χ2n) is 16.7. The molecule has 7 aliphatic rings. The molecule has 21 heteroatoms. The number of unbranched alkanes of at least 4 members (excludes halogenated alkanes) is 7. The molecule has 9 unspecified atom stereocenters. The van der Waals surface area contributed by atoms with Crippen LogP contribution in [-0.2, 0) is 55.4 Å².